The van der Waals surface area contributed by atoms with Gasteiger partial charge in [0, 0.05) is 11.8 Å². The lowest BCUT2D eigenvalue weighted by molar-refractivity contribution is -0.192. The predicted molar refractivity (Wildman–Crippen MR) is 131 cm³/mol. The number of Topliss-reactive ketones (excluding diaryl/α,β-unsaturated/α-hetero) is 1. The standard InChI is InChI=1S/C22H34N4O2S.C2HF3O2/c1-22(2,3)20-25-26-21(29-20)24-19(28)10-9-16(13-15-7-5-4-6-8-15)14-18(27)17-11-12-23-17;3-2(4,5)1(6)7/h9-10,15-17,23H,4-8,11-14H2,1-3H3,(H,24,26,28);(H,6,7)/b10-9+;/t16-,17+;/m1./s1. The first-order valence-electron chi connectivity index (χ1n) is 12.1. The maximum atomic E-state index is 12.5. The summed E-state index contributed by atoms with van der Waals surface area (Å²) >= 11 is 1.41. The Balaban J connectivity index is 0.000000572. The number of allylic oxidation sites excluding steroid dienone is 1. The second-order valence-corrected chi connectivity index (χ2v) is 11.3. The molecule has 0 aromatic carbocycles. The Hall–Kier alpha value is -2.34. The van der Waals surface area contributed by atoms with Crippen molar-refractivity contribution in [1.82, 2.24) is 15.5 Å². The molecule has 1 aliphatic carbocycles. The highest BCUT2D eigenvalue weighted by Crippen LogP contribution is 2.31. The number of carbonyl (C=O) groups excluding carboxylic acids is 2. The molecule has 1 aromatic rings. The number of carbonyl (C=O) groups is 3. The Morgan fingerprint density at radius 3 is 2.22 bits per heavy atom. The first kappa shape index (κ1) is 29.9. The van der Waals surface area contributed by atoms with Gasteiger partial charge >= 0.3 is 12.1 Å². The summed E-state index contributed by atoms with van der Waals surface area (Å²) in [6.07, 6.45) is 7.26. The van der Waals surface area contributed by atoms with E-state index in [1.807, 2.05) is 6.08 Å². The molecule has 202 valence electrons. The Bertz CT molecular complexity index is 917. The van der Waals surface area contributed by atoms with Gasteiger partial charge in [0.1, 0.15) is 10.8 Å². The SMILES string of the molecule is CC(C)(C)c1nnc(NC(=O)/C=C/[C@@H](CC(=O)[C@@H]2CCN2)CC2CCCCC2)s1.O=C(O)C(F)(F)F. The molecule has 2 atom stereocenters. The van der Waals surface area contributed by atoms with E-state index in [2.05, 4.69) is 41.6 Å². The molecule has 1 amide bonds. The fourth-order valence-electron chi connectivity index (χ4n) is 3.99. The normalized spacial score (nSPS) is 19.7. The summed E-state index contributed by atoms with van der Waals surface area (Å²) in [5.74, 6) is -1.89. The minimum atomic E-state index is -5.08. The van der Waals surface area contributed by atoms with E-state index < -0.39 is 12.1 Å². The smallest absolute Gasteiger partial charge is 0.475 e. The molecule has 0 spiro atoms. The number of hydrogen-bond acceptors (Lipinski definition) is 7. The summed E-state index contributed by atoms with van der Waals surface area (Å²) < 4.78 is 31.7. The van der Waals surface area contributed by atoms with Gasteiger partial charge in [0.05, 0.1) is 6.04 Å². The number of anilines is 1. The molecular formula is C24H35F3N4O4S. The summed E-state index contributed by atoms with van der Waals surface area (Å²) in [5.41, 5.74) is -0.0858. The minimum absolute atomic E-state index is 0.0169. The first-order valence-corrected chi connectivity index (χ1v) is 13.0. The number of carboxylic acid groups (broad SMARTS) is 1. The van der Waals surface area contributed by atoms with Crippen molar-refractivity contribution >= 4 is 34.1 Å². The first-order chi connectivity index (χ1) is 16.8. The number of halogens is 3. The van der Waals surface area contributed by atoms with Crippen molar-refractivity contribution in [3.8, 4) is 0 Å². The lowest BCUT2D eigenvalue weighted by atomic mass is 9.80. The second-order valence-electron chi connectivity index (χ2n) is 10.3. The third-order valence-electron chi connectivity index (χ3n) is 6.10. The molecular weight excluding hydrogens is 497 g/mol. The molecule has 1 aliphatic heterocycles. The van der Waals surface area contributed by atoms with Crippen molar-refractivity contribution in [2.75, 3.05) is 11.9 Å². The van der Waals surface area contributed by atoms with Gasteiger partial charge in [0.25, 0.3) is 0 Å². The van der Waals surface area contributed by atoms with Crippen LogP contribution >= 0.6 is 11.3 Å². The van der Waals surface area contributed by atoms with E-state index in [9.17, 15) is 22.8 Å². The Labute approximate surface area is 213 Å². The lowest BCUT2D eigenvalue weighted by Gasteiger charge is -2.29. The molecule has 0 radical (unpaired) electrons. The molecule has 3 rings (SSSR count). The molecule has 36 heavy (non-hydrogen) atoms. The van der Waals surface area contributed by atoms with Crippen LogP contribution < -0.4 is 10.6 Å². The van der Waals surface area contributed by atoms with Crippen LogP contribution in [-0.4, -0.2) is 51.7 Å². The summed E-state index contributed by atoms with van der Waals surface area (Å²) in [7, 11) is 0. The average molecular weight is 533 g/mol. The highest BCUT2D eigenvalue weighted by molar-refractivity contribution is 7.15. The molecule has 1 saturated carbocycles. The number of ketones is 1. The van der Waals surface area contributed by atoms with Gasteiger partial charge in [0.2, 0.25) is 11.0 Å². The lowest BCUT2D eigenvalue weighted by Crippen LogP contribution is -2.48. The zero-order valence-electron chi connectivity index (χ0n) is 20.9. The quantitative estimate of drug-likeness (QED) is 0.408. The number of amides is 1. The van der Waals surface area contributed by atoms with Crippen molar-refractivity contribution in [2.45, 2.75) is 89.8 Å². The van der Waals surface area contributed by atoms with Gasteiger partial charge in [-0.3, -0.25) is 14.9 Å². The number of alkyl halides is 3. The van der Waals surface area contributed by atoms with E-state index in [1.165, 1.54) is 43.4 Å². The fraction of sp³-hybridized carbons (Fsp3) is 0.708. The molecule has 12 heteroatoms. The molecule has 2 aliphatic rings. The van der Waals surface area contributed by atoms with Gasteiger partial charge in [-0.15, -0.1) is 10.2 Å². The largest absolute Gasteiger partial charge is 0.490 e. The molecule has 0 unspecified atom stereocenters. The van der Waals surface area contributed by atoms with Crippen LogP contribution in [0, 0.1) is 11.8 Å². The zero-order valence-corrected chi connectivity index (χ0v) is 21.7. The molecule has 8 nitrogen and oxygen atoms in total. The topological polar surface area (TPSA) is 121 Å². The van der Waals surface area contributed by atoms with Gasteiger partial charge in [-0.1, -0.05) is 70.3 Å². The van der Waals surface area contributed by atoms with Crippen LogP contribution in [0.5, 0.6) is 0 Å². The Kier molecular flexibility index (Phi) is 11.0. The number of aromatic nitrogens is 2. The van der Waals surface area contributed by atoms with E-state index in [1.54, 1.807) is 6.08 Å². The Morgan fingerprint density at radius 1 is 1.14 bits per heavy atom. The molecule has 1 aromatic heterocycles. The van der Waals surface area contributed by atoms with Crippen molar-refractivity contribution in [1.29, 1.82) is 0 Å². The van der Waals surface area contributed by atoms with E-state index in [0.717, 1.165) is 24.4 Å². The van der Waals surface area contributed by atoms with Crippen LogP contribution in [-0.2, 0) is 19.8 Å². The maximum absolute atomic E-state index is 12.5. The van der Waals surface area contributed by atoms with Crippen LogP contribution in [0.4, 0.5) is 18.3 Å². The van der Waals surface area contributed by atoms with E-state index in [0.29, 0.717) is 17.5 Å². The number of rotatable bonds is 8. The maximum Gasteiger partial charge on any atom is 0.490 e. The van der Waals surface area contributed by atoms with Gasteiger partial charge in [-0.25, -0.2) is 4.79 Å². The highest BCUT2D eigenvalue weighted by Gasteiger charge is 2.38. The second kappa shape index (κ2) is 13.3. The molecule has 2 fully saturated rings. The third kappa shape index (κ3) is 10.3. The van der Waals surface area contributed by atoms with Gasteiger partial charge in [-0.05, 0) is 37.3 Å². The van der Waals surface area contributed by atoms with Gasteiger partial charge in [-0.2, -0.15) is 13.2 Å². The fourth-order valence-corrected chi connectivity index (χ4v) is 4.80. The van der Waals surface area contributed by atoms with Crippen molar-refractivity contribution in [3.63, 3.8) is 0 Å². The van der Waals surface area contributed by atoms with Crippen LogP contribution in [0.3, 0.4) is 0 Å². The van der Waals surface area contributed by atoms with Crippen LogP contribution in [0.1, 0.15) is 77.1 Å². The van der Waals surface area contributed by atoms with Gasteiger partial charge < -0.3 is 10.4 Å². The molecule has 3 N–H and O–H groups in total. The average Bonchev–Trinajstić information content (AvgIpc) is 3.20. The Morgan fingerprint density at radius 2 is 1.75 bits per heavy atom. The van der Waals surface area contributed by atoms with Gasteiger partial charge in [0.15, 0.2) is 0 Å². The highest BCUT2D eigenvalue weighted by atomic mass is 32.1. The van der Waals surface area contributed by atoms with Crippen LogP contribution in [0.2, 0.25) is 0 Å². The number of aliphatic carboxylic acids is 1. The minimum Gasteiger partial charge on any atom is -0.475 e. The van der Waals surface area contributed by atoms with Crippen LogP contribution in [0.25, 0.3) is 0 Å². The molecule has 1 saturated heterocycles. The summed E-state index contributed by atoms with van der Waals surface area (Å²) in [4.78, 5) is 33.8. The molecule has 2 heterocycles. The van der Waals surface area contributed by atoms with Crippen molar-refractivity contribution in [2.24, 2.45) is 11.8 Å². The van der Waals surface area contributed by atoms with Crippen molar-refractivity contribution in [3.05, 3.63) is 17.2 Å². The van der Waals surface area contributed by atoms with E-state index in [4.69, 9.17) is 9.90 Å². The van der Waals surface area contributed by atoms with Crippen molar-refractivity contribution < 1.29 is 32.7 Å². The number of nitrogens with zero attached hydrogens (tertiary/aromatic N) is 2. The summed E-state index contributed by atoms with van der Waals surface area (Å²) in [5, 5.41) is 22.8. The monoisotopic (exact) mass is 532 g/mol. The van der Waals surface area contributed by atoms with E-state index >= 15 is 0 Å². The summed E-state index contributed by atoms with van der Waals surface area (Å²) in [6.45, 7) is 7.15. The number of carboxylic acids is 1. The van der Waals surface area contributed by atoms with E-state index in [-0.39, 0.29) is 29.1 Å². The third-order valence-corrected chi connectivity index (χ3v) is 7.36. The number of hydrogen-bond donors (Lipinski definition) is 3. The summed E-state index contributed by atoms with van der Waals surface area (Å²) in [6, 6.07) is 0.0169. The molecule has 0 bridgehead atoms. The van der Waals surface area contributed by atoms with Crippen LogP contribution in [0.15, 0.2) is 12.2 Å². The predicted octanol–water partition coefficient (Wildman–Crippen LogP) is 4.87. The zero-order chi connectivity index (χ0) is 26.9. The number of nitrogens with one attached hydrogen (secondary N) is 2.